The van der Waals surface area contributed by atoms with Gasteiger partial charge in [-0.2, -0.15) is 0 Å². The molecule has 0 N–H and O–H groups in total. The molecular weight excluding hydrogens is 382 g/mol. The van der Waals surface area contributed by atoms with E-state index < -0.39 is 0 Å². The van der Waals surface area contributed by atoms with Crippen LogP contribution in [-0.4, -0.2) is 49.1 Å². The first-order valence-corrected chi connectivity index (χ1v) is 10.6. The quantitative estimate of drug-likeness (QED) is 0.635. The first-order valence-electron chi connectivity index (χ1n) is 9.82. The third kappa shape index (κ3) is 4.49. The molecule has 1 aliphatic rings. The summed E-state index contributed by atoms with van der Waals surface area (Å²) in [6.45, 7) is 5.87. The highest BCUT2D eigenvalue weighted by atomic mass is 32.1. The second-order valence-electron chi connectivity index (χ2n) is 7.23. The molecule has 0 unspecified atom stereocenters. The third-order valence-corrected chi connectivity index (χ3v) is 6.29. The summed E-state index contributed by atoms with van der Waals surface area (Å²) in [6, 6.07) is 18.5. The maximum Gasteiger partial charge on any atom is 0.265 e. The Morgan fingerprint density at radius 2 is 1.79 bits per heavy atom. The molecule has 2 aromatic carbocycles. The summed E-state index contributed by atoms with van der Waals surface area (Å²) >= 11 is 1.46. The number of ether oxygens (including phenoxy) is 1. The lowest BCUT2D eigenvalue weighted by Gasteiger charge is -2.29. The van der Waals surface area contributed by atoms with Gasteiger partial charge in [0, 0.05) is 37.9 Å². The van der Waals surface area contributed by atoms with Crippen LogP contribution in [0, 0.1) is 6.92 Å². The maximum atomic E-state index is 13.0. The molecule has 0 aliphatic carbocycles. The fourth-order valence-electron chi connectivity index (χ4n) is 3.45. The normalized spacial score (nSPS) is 14.1. The highest BCUT2D eigenvalue weighted by molar-refractivity contribution is 7.17. The van der Waals surface area contributed by atoms with Crippen molar-refractivity contribution < 1.29 is 9.53 Å². The van der Waals surface area contributed by atoms with E-state index in [9.17, 15) is 4.79 Å². The summed E-state index contributed by atoms with van der Waals surface area (Å²) in [5, 5.41) is 0.884. The van der Waals surface area contributed by atoms with Crippen molar-refractivity contribution in [2.24, 2.45) is 0 Å². The van der Waals surface area contributed by atoms with Gasteiger partial charge >= 0.3 is 0 Å². The summed E-state index contributed by atoms with van der Waals surface area (Å²) in [7, 11) is 1.85. The van der Waals surface area contributed by atoms with E-state index in [-0.39, 0.29) is 5.91 Å². The van der Waals surface area contributed by atoms with E-state index in [2.05, 4.69) is 34.1 Å². The highest BCUT2D eigenvalue weighted by Crippen LogP contribution is 2.29. The molecule has 1 fully saturated rings. The average molecular weight is 408 g/mol. The minimum absolute atomic E-state index is 0.0134. The molecule has 0 saturated carbocycles. The first-order chi connectivity index (χ1) is 14.1. The molecule has 0 atom stereocenters. The predicted molar refractivity (Wildman–Crippen MR) is 118 cm³/mol. The molecule has 2 heterocycles. The predicted octanol–water partition coefficient (Wildman–Crippen LogP) is 4.23. The fourth-order valence-corrected chi connectivity index (χ4v) is 4.52. The zero-order chi connectivity index (χ0) is 20.2. The molecule has 6 heteroatoms. The number of morpholine rings is 1. The number of amides is 1. The minimum Gasteiger partial charge on any atom is -0.378 e. The van der Waals surface area contributed by atoms with Crippen LogP contribution in [0.5, 0.6) is 0 Å². The van der Waals surface area contributed by atoms with E-state index in [1.807, 2.05) is 44.3 Å². The zero-order valence-corrected chi connectivity index (χ0v) is 17.6. The van der Waals surface area contributed by atoms with Crippen LogP contribution >= 0.6 is 11.3 Å². The molecule has 1 aliphatic heterocycles. The molecule has 3 aromatic rings. The van der Waals surface area contributed by atoms with Gasteiger partial charge in [0.05, 0.1) is 18.9 Å². The van der Waals surface area contributed by atoms with Gasteiger partial charge in [-0.05, 0) is 24.6 Å². The molecule has 4 rings (SSSR count). The summed E-state index contributed by atoms with van der Waals surface area (Å²) < 4.78 is 5.42. The van der Waals surface area contributed by atoms with Crippen LogP contribution in [0.15, 0.2) is 54.6 Å². The van der Waals surface area contributed by atoms with Crippen LogP contribution in [0.25, 0.3) is 10.6 Å². The second kappa shape index (κ2) is 8.76. The van der Waals surface area contributed by atoms with Crippen molar-refractivity contribution in [1.82, 2.24) is 9.88 Å². The lowest BCUT2D eigenvalue weighted by Crippen LogP contribution is -2.36. The van der Waals surface area contributed by atoms with E-state index in [1.54, 1.807) is 4.90 Å². The topological polar surface area (TPSA) is 45.7 Å². The molecule has 1 amide bonds. The monoisotopic (exact) mass is 407 g/mol. The average Bonchev–Trinajstić information content (AvgIpc) is 3.16. The van der Waals surface area contributed by atoms with Crippen molar-refractivity contribution in [2.45, 2.75) is 13.5 Å². The number of anilines is 1. The van der Waals surface area contributed by atoms with Crippen LogP contribution in [0.2, 0.25) is 0 Å². The first kappa shape index (κ1) is 19.6. The van der Waals surface area contributed by atoms with Crippen molar-refractivity contribution >= 4 is 22.9 Å². The molecule has 29 heavy (non-hydrogen) atoms. The summed E-state index contributed by atoms with van der Waals surface area (Å²) in [4.78, 5) is 22.4. The van der Waals surface area contributed by atoms with Gasteiger partial charge in [0.1, 0.15) is 9.88 Å². The number of carbonyl (C=O) groups is 1. The number of hydrogen-bond donors (Lipinski definition) is 0. The smallest absolute Gasteiger partial charge is 0.265 e. The van der Waals surface area contributed by atoms with Crippen molar-refractivity contribution in [3.05, 3.63) is 70.7 Å². The fraction of sp³-hybridized carbons (Fsp3) is 0.304. The van der Waals surface area contributed by atoms with Crippen molar-refractivity contribution in [3.8, 4) is 10.6 Å². The zero-order valence-electron chi connectivity index (χ0n) is 16.8. The summed E-state index contributed by atoms with van der Waals surface area (Å²) in [6.07, 6.45) is 0. The third-order valence-electron chi connectivity index (χ3n) is 5.09. The summed E-state index contributed by atoms with van der Waals surface area (Å²) in [5.74, 6) is 0.0134. The Hall–Kier alpha value is -2.70. The van der Waals surface area contributed by atoms with Gasteiger partial charge in [0.25, 0.3) is 5.91 Å². The van der Waals surface area contributed by atoms with Gasteiger partial charge in [0.15, 0.2) is 0 Å². The molecular formula is C23H25N3O2S. The number of hydrogen-bond acceptors (Lipinski definition) is 5. The molecule has 0 spiro atoms. The van der Waals surface area contributed by atoms with Crippen LogP contribution in [-0.2, 0) is 11.3 Å². The van der Waals surface area contributed by atoms with Crippen LogP contribution in [0.4, 0.5) is 5.69 Å². The Morgan fingerprint density at radius 3 is 2.48 bits per heavy atom. The van der Waals surface area contributed by atoms with Crippen molar-refractivity contribution in [1.29, 1.82) is 0 Å². The van der Waals surface area contributed by atoms with Gasteiger partial charge in [-0.1, -0.05) is 42.5 Å². The van der Waals surface area contributed by atoms with Gasteiger partial charge in [-0.3, -0.25) is 4.79 Å². The van der Waals surface area contributed by atoms with Crippen LogP contribution < -0.4 is 4.90 Å². The van der Waals surface area contributed by atoms with Crippen molar-refractivity contribution in [2.75, 3.05) is 38.3 Å². The lowest BCUT2D eigenvalue weighted by molar-refractivity contribution is 0.0789. The molecule has 150 valence electrons. The number of nitrogens with zero attached hydrogens (tertiary/aromatic N) is 3. The van der Waals surface area contributed by atoms with E-state index in [0.717, 1.165) is 48.1 Å². The number of benzene rings is 2. The summed E-state index contributed by atoms with van der Waals surface area (Å²) in [5.41, 5.74) is 4.15. The molecule has 1 saturated heterocycles. The van der Waals surface area contributed by atoms with E-state index >= 15 is 0 Å². The Bertz CT molecular complexity index is 964. The maximum absolute atomic E-state index is 13.0. The number of thiazole rings is 1. The van der Waals surface area contributed by atoms with Crippen molar-refractivity contribution in [3.63, 3.8) is 0 Å². The van der Waals surface area contributed by atoms with E-state index in [1.165, 1.54) is 17.0 Å². The Labute approximate surface area is 175 Å². The SMILES string of the molecule is Cc1nc(-c2ccccc2)sc1C(=O)N(C)Cc1ccc(N2CCOCC2)cc1. The Kier molecular flexibility index (Phi) is 5.92. The van der Waals surface area contributed by atoms with Gasteiger partial charge in [-0.25, -0.2) is 4.98 Å². The Morgan fingerprint density at radius 1 is 1.10 bits per heavy atom. The molecule has 1 aromatic heterocycles. The number of carbonyl (C=O) groups excluding carboxylic acids is 1. The highest BCUT2D eigenvalue weighted by Gasteiger charge is 2.20. The van der Waals surface area contributed by atoms with E-state index in [4.69, 9.17) is 4.74 Å². The van der Waals surface area contributed by atoms with Gasteiger partial charge < -0.3 is 14.5 Å². The molecule has 0 bridgehead atoms. The molecule has 0 radical (unpaired) electrons. The van der Waals surface area contributed by atoms with Crippen LogP contribution in [0.1, 0.15) is 20.9 Å². The van der Waals surface area contributed by atoms with E-state index in [0.29, 0.717) is 11.4 Å². The Balaban J connectivity index is 1.44. The van der Waals surface area contributed by atoms with Crippen LogP contribution in [0.3, 0.4) is 0 Å². The number of rotatable bonds is 5. The molecule has 5 nitrogen and oxygen atoms in total. The van der Waals surface area contributed by atoms with Gasteiger partial charge in [-0.15, -0.1) is 11.3 Å². The number of aryl methyl sites for hydroxylation is 1. The van der Waals surface area contributed by atoms with Gasteiger partial charge in [0.2, 0.25) is 0 Å². The largest absolute Gasteiger partial charge is 0.378 e. The standard InChI is InChI=1S/C23H25N3O2S/c1-17-21(29-22(24-17)19-6-4-3-5-7-19)23(27)25(2)16-18-8-10-20(11-9-18)26-12-14-28-15-13-26/h3-11H,12-16H2,1-2H3. The lowest BCUT2D eigenvalue weighted by atomic mass is 10.1. The minimum atomic E-state index is 0.0134. The number of aromatic nitrogens is 1. The second-order valence-corrected chi connectivity index (χ2v) is 8.23.